The highest BCUT2D eigenvalue weighted by Gasteiger charge is 2.19. The molecule has 5 aromatic rings. The van der Waals surface area contributed by atoms with Gasteiger partial charge in [-0.25, -0.2) is 4.98 Å². The first kappa shape index (κ1) is 22.1. The van der Waals surface area contributed by atoms with Crippen molar-refractivity contribution < 1.29 is 4.79 Å². The molecule has 0 saturated heterocycles. The molecule has 0 radical (unpaired) electrons. The highest BCUT2D eigenvalue weighted by molar-refractivity contribution is 7.99. The van der Waals surface area contributed by atoms with Gasteiger partial charge in [0.2, 0.25) is 5.91 Å². The van der Waals surface area contributed by atoms with E-state index >= 15 is 0 Å². The molecule has 7 heteroatoms. The SMILES string of the molecule is Cc1ccc(NC(=O)CSc2nc3scc(-c4ccccc4)c3c(=O)n2-c2ccccc2)cc1. The van der Waals surface area contributed by atoms with Crippen molar-refractivity contribution in [3.8, 4) is 16.8 Å². The number of para-hydroxylation sites is 1. The van der Waals surface area contributed by atoms with Crippen LogP contribution in [0.2, 0.25) is 0 Å². The fourth-order valence-electron chi connectivity index (χ4n) is 3.67. The Labute approximate surface area is 205 Å². The number of carbonyl (C=O) groups is 1. The van der Waals surface area contributed by atoms with Crippen LogP contribution < -0.4 is 10.9 Å². The van der Waals surface area contributed by atoms with E-state index in [2.05, 4.69) is 5.32 Å². The lowest BCUT2D eigenvalue weighted by Crippen LogP contribution is -2.22. The molecule has 3 aromatic carbocycles. The number of aromatic nitrogens is 2. The van der Waals surface area contributed by atoms with E-state index in [9.17, 15) is 9.59 Å². The number of nitrogens with zero attached hydrogens (tertiary/aromatic N) is 2. The Bertz CT molecular complexity index is 1510. The van der Waals surface area contributed by atoms with E-state index in [1.54, 1.807) is 4.57 Å². The molecule has 2 aromatic heterocycles. The topological polar surface area (TPSA) is 64.0 Å². The molecule has 5 nitrogen and oxygen atoms in total. The van der Waals surface area contributed by atoms with E-state index in [1.165, 1.54) is 23.1 Å². The molecule has 2 heterocycles. The van der Waals surface area contributed by atoms with E-state index in [0.717, 1.165) is 22.4 Å². The van der Waals surface area contributed by atoms with Crippen LogP contribution in [-0.4, -0.2) is 21.2 Å². The summed E-state index contributed by atoms with van der Waals surface area (Å²) < 4.78 is 1.60. The summed E-state index contributed by atoms with van der Waals surface area (Å²) in [5.41, 5.74) is 4.29. The number of fused-ring (bicyclic) bond motifs is 1. The van der Waals surface area contributed by atoms with Crippen molar-refractivity contribution in [2.45, 2.75) is 12.1 Å². The number of hydrogen-bond acceptors (Lipinski definition) is 5. The molecule has 0 saturated carbocycles. The molecule has 0 aliphatic heterocycles. The first-order valence-electron chi connectivity index (χ1n) is 10.7. The normalized spacial score (nSPS) is 11.0. The second-order valence-electron chi connectivity index (χ2n) is 7.77. The zero-order chi connectivity index (χ0) is 23.5. The lowest BCUT2D eigenvalue weighted by atomic mass is 10.1. The number of thioether (sulfide) groups is 1. The van der Waals surface area contributed by atoms with Gasteiger partial charge in [-0.15, -0.1) is 11.3 Å². The van der Waals surface area contributed by atoms with Crippen LogP contribution in [0.15, 0.2) is 100 Å². The fraction of sp³-hybridized carbons (Fsp3) is 0.0741. The Morgan fingerprint density at radius 1 is 0.971 bits per heavy atom. The molecule has 0 atom stereocenters. The number of hydrogen-bond donors (Lipinski definition) is 1. The quantitative estimate of drug-likeness (QED) is 0.232. The molecule has 0 spiro atoms. The fourth-order valence-corrected chi connectivity index (χ4v) is 5.47. The van der Waals surface area contributed by atoms with Crippen LogP contribution in [0.5, 0.6) is 0 Å². The first-order valence-corrected chi connectivity index (χ1v) is 12.6. The Balaban J connectivity index is 1.53. The third-order valence-electron chi connectivity index (χ3n) is 5.34. The van der Waals surface area contributed by atoms with Gasteiger partial charge < -0.3 is 5.32 Å². The molecular weight excluding hydrogens is 462 g/mol. The average Bonchev–Trinajstić information content (AvgIpc) is 3.30. The van der Waals surface area contributed by atoms with E-state index in [4.69, 9.17) is 4.98 Å². The van der Waals surface area contributed by atoms with Crippen molar-refractivity contribution in [2.24, 2.45) is 0 Å². The van der Waals surface area contributed by atoms with Crippen LogP contribution in [0.25, 0.3) is 27.0 Å². The minimum atomic E-state index is -0.154. The summed E-state index contributed by atoms with van der Waals surface area (Å²) in [5.74, 6) is -0.0192. The minimum absolute atomic E-state index is 0.134. The number of carbonyl (C=O) groups excluding carboxylic acids is 1. The monoisotopic (exact) mass is 483 g/mol. The molecule has 0 unspecified atom stereocenters. The summed E-state index contributed by atoms with van der Waals surface area (Å²) in [6.07, 6.45) is 0. The largest absolute Gasteiger partial charge is 0.325 e. The maximum absolute atomic E-state index is 13.8. The molecule has 5 rings (SSSR count). The number of thiophene rings is 1. The lowest BCUT2D eigenvalue weighted by Gasteiger charge is -2.13. The summed E-state index contributed by atoms with van der Waals surface area (Å²) in [6, 6.07) is 26.9. The molecule has 1 amide bonds. The molecule has 0 aliphatic rings. The molecule has 0 aliphatic carbocycles. The zero-order valence-corrected chi connectivity index (χ0v) is 20.0. The van der Waals surface area contributed by atoms with E-state index in [0.29, 0.717) is 21.1 Å². The first-order chi connectivity index (χ1) is 16.6. The Kier molecular flexibility index (Phi) is 6.29. The molecule has 34 heavy (non-hydrogen) atoms. The van der Waals surface area contributed by atoms with Gasteiger partial charge in [-0.1, -0.05) is 78.0 Å². The van der Waals surface area contributed by atoms with E-state index in [1.807, 2.05) is 97.2 Å². The van der Waals surface area contributed by atoms with Gasteiger partial charge in [-0.2, -0.15) is 0 Å². The number of nitrogens with one attached hydrogen (secondary N) is 1. The third-order valence-corrected chi connectivity index (χ3v) is 7.15. The molecular formula is C27H21N3O2S2. The van der Waals surface area contributed by atoms with Crippen molar-refractivity contribution in [3.63, 3.8) is 0 Å². The van der Waals surface area contributed by atoms with Crippen LogP contribution in [-0.2, 0) is 4.79 Å². The molecule has 1 N–H and O–H groups in total. The number of benzene rings is 3. The number of rotatable bonds is 6. The van der Waals surface area contributed by atoms with Crippen molar-refractivity contribution in [1.82, 2.24) is 9.55 Å². The van der Waals surface area contributed by atoms with Gasteiger partial charge >= 0.3 is 0 Å². The van der Waals surface area contributed by atoms with Crippen LogP contribution >= 0.6 is 23.1 Å². The highest BCUT2D eigenvalue weighted by atomic mass is 32.2. The predicted octanol–water partition coefficient (Wildman–Crippen LogP) is 6.15. The van der Waals surface area contributed by atoms with Gasteiger partial charge in [0.1, 0.15) is 4.83 Å². The second kappa shape index (κ2) is 9.67. The van der Waals surface area contributed by atoms with Crippen molar-refractivity contribution >= 4 is 44.9 Å². The zero-order valence-electron chi connectivity index (χ0n) is 18.4. The average molecular weight is 484 g/mol. The Morgan fingerprint density at radius 2 is 1.65 bits per heavy atom. The maximum atomic E-state index is 13.8. The van der Waals surface area contributed by atoms with Crippen LogP contribution in [0.3, 0.4) is 0 Å². The van der Waals surface area contributed by atoms with Gasteiger partial charge in [-0.05, 0) is 36.8 Å². The summed E-state index contributed by atoms with van der Waals surface area (Å²) in [6.45, 7) is 2.00. The van der Waals surface area contributed by atoms with Gasteiger partial charge in [0.25, 0.3) is 5.56 Å². The maximum Gasteiger partial charge on any atom is 0.268 e. The smallest absolute Gasteiger partial charge is 0.268 e. The lowest BCUT2D eigenvalue weighted by molar-refractivity contribution is -0.113. The highest BCUT2D eigenvalue weighted by Crippen LogP contribution is 2.32. The van der Waals surface area contributed by atoms with Crippen molar-refractivity contribution in [2.75, 3.05) is 11.1 Å². The molecule has 0 fully saturated rings. The van der Waals surface area contributed by atoms with Gasteiger partial charge in [0.05, 0.1) is 16.8 Å². The van der Waals surface area contributed by atoms with Crippen LogP contribution in [0, 0.1) is 6.92 Å². The van der Waals surface area contributed by atoms with Crippen LogP contribution in [0.4, 0.5) is 5.69 Å². The summed E-state index contributed by atoms with van der Waals surface area (Å²) >= 11 is 2.69. The summed E-state index contributed by atoms with van der Waals surface area (Å²) in [5, 5.41) is 5.96. The van der Waals surface area contributed by atoms with Crippen molar-refractivity contribution in [1.29, 1.82) is 0 Å². The third kappa shape index (κ3) is 4.53. The summed E-state index contributed by atoms with van der Waals surface area (Å²) in [7, 11) is 0. The number of aryl methyl sites for hydroxylation is 1. The molecule has 0 bridgehead atoms. The van der Waals surface area contributed by atoms with Crippen molar-refractivity contribution in [3.05, 3.63) is 106 Å². The van der Waals surface area contributed by atoms with Gasteiger partial charge in [0, 0.05) is 16.6 Å². The Morgan fingerprint density at radius 3 is 2.35 bits per heavy atom. The second-order valence-corrected chi connectivity index (χ2v) is 9.57. The van der Waals surface area contributed by atoms with E-state index < -0.39 is 0 Å². The van der Waals surface area contributed by atoms with E-state index in [-0.39, 0.29) is 17.2 Å². The predicted molar refractivity (Wildman–Crippen MR) is 141 cm³/mol. The minimum Gasteiger partial charge on any atom is -0.325 e. The Hall–Kier alpha value is -3.68. The standard InChI is InChI=1S/C27H21N3O2S2/c1-18-12-14-20(15-13-18)28-23(31)17-34-27-29-25-24(22(16-33-25)19-8-4-2-5-9-19)26(32)30(27)21-10-6-3-7-11-21/h2-16H,17H2,1H3,(H,28,31). The van der Waals surface area contributed by atoms with Gasteiger partial charge in [0.15, 0.2) is 5.16 Å². The molecule has 168 valence electrons. The number of amides is 1. The number of anilines is 1. The van der Waals surface area contributed by atoms with Gasteiger partial charge in [-0.3, -0.25) is 14.2 Å². The van der Waals surface area contributed by atoms with Crippen LogP contribution in [0.1, 0.15) is 5.56 Å². The summed E-state index contributed by atoms with van der Waals surface area (Å²) in [4.78, 5) is 31.9.